The quantitative estimate of drug-likeness (QED) is 0.684. The number of hydrogen-bond acceptors (Lipinski definition) is 4. The number of nitrogens with zero attached hydrogens (tertiary/aromatic N) is 1. The molecule has 0 saturated carbocycles. The Morgan fingerprint density at radius 3 is 2.50 bits per heavy atom. The van der Waals surface area contributed by atoms with Crippen molar-refractivity contribution in [3.8, 4) is 0 Å². The van der Waals surface area contributed by atoms with Crippen LogP contribution in [0.4, 0.5) is 0 Å². The van der Waals surface area contributed by atoms with E-state index in [0.717, 1.165) is 5.56 Å². The van der Waals surface area contributed by atoms with Crippen LogP contribution >= 0.6 is 15.9 Å². The van der Waals surface area contributed by atoms with Crippen molar-refractivity contribution < 1.29 is 17.9 Å². The second-order valence-corrected chi connectivity index (χ2v) is 8.30. The number of nitrogens with one attached hydrogen (secondary N) is 1. The first-order valence-electron chi connectivity index (χ1n) is 7.94. The summed E-state index contributed by atoms with van der Waals surface area (Å²) in [5.74, 6) is -0.272. The number of methoxy groups -OCH3 is 1. The van der Waals surface area contributed by atoms with Crippen molar-refractivity contribution in [3.63, 3.8) is 0 Å². The fourth-order valence-corrected chi connectivity index (χ4v) is 3.55. The molecule has 0 saturated heterocycles. The van der Waals surface area contributed by atoms with E-state index >= 15 is 0 Å². The van der Waals surface area contributed by atoms with Crippen LogP contribution < -0.4 is 4.72 Å². The van der Waals surface area contributed by atoms with Gasteiger partial charge in [0.05, 0.1) is 17.1 Å². The SMILES string of the molecule is CNS(=O)(=O)c1ccc(Br)c(C(=O)N(CCOC)Cc2ccccc2)c1. The van der Waals surface area contributed by atoms with Crippen LogP contribution in [0.1, 0.15) is 15.9 Å². The maximum absolute atomic E-state index is 13.1. The Hall–Kier alpha value is -1.74. The number of carbonyl (C=O) groups is 1. The normalized spacial score (nSPS) is 11.3. The molecule has 0 spiro atoms. The van der Waals surface area contributed by atoms with E-state index in [2.05, 4.69) is 20.7 Å². The lowest BCUT2D eigenvalue weighted by Crippen LogP contribution is -2.34. The van der Waals surface area contributed by atoms with Crippen LogP contribution in [0.2, 0.25) is 0 Å². The summed E-state index contributed by atoms with van der Waals surface area (Å²) in [6, 6.07) is 14.0. The Kier molecular flexibility index (Phi) is 7.33. The molecule has 2 rings (SSSR count). The van der Waals surface area contributed by atoms with Gasteiger partial charge in [-0.2, -0.15) is 0 Å². The Morgan fingerprint density at radius 1 is 1.19 bits per heavy atom. The minimum Gasteiger partial charge on any atom is -0.383 e. The maximum Gasteiger partial charge on any atom is 0.255 e. The van der Waals surface area contributed by atoms with Crippen molar-refractivity contribution in [2.45, 2.75) is 11.4 Å². The zero-order chi connectivity index (χ0) is 19.2. The predicted molar refractivity (Wildman–Crippen MR) is 103 cm³/mol. The lowest BCUT2D eigenvalue weighted by atomic mass is 10.1. The van der Waals surface area contributed by atoms with E-state index in [-0.39, 0.29) is 16.4 Å². The number of carbonyl (C=O) groups excluding carboxylic acids is 1. The highest BCUT2D eigenvalue weighted by Gasteiger charge is 2.21. The summed E-state index contributed by atoms with van der Waals surface area (Å²) >= 11 is 3.35. The fourth-order valence-electron chi connectivity index (χ4n) is 2.38. The molecular formula is C18H21BrN2O4S. The second kappa shape index (κ2) is 9.27. The van der Waals surface area contributed by atoms with Gasteiger partial charge in [0.2, 0.25) is 10.0 Å². The number of halogens is 1. The van der Waals surface area contributed by atoms with E-state index in [9.17, 15) is 13.2 Å². The first-order valence-corrected chi connectivity index (χ1v) is 10.2. The highest BCUT2D eigenvalue weighted by molar-refractivity contribution is 9.10. The van der Waals surface area contributed by atoms with Gasteiger partial charge in [-0.3, -0.25) is 4.79 Å². The number of ether oxygens (including phenoxy) is 1. The first kappa shape index (κ1) is 20.6. The second-order valence-electron chi connectivity index (χ2n) is 5.55. The van der Waals surface area contributed by atoms with Gasteiger partial charge >= 0.3 is 0 Å². The summed E-state index contributed by atoms with van der Waals surface area (Å²) < 4.78 is 32.0. The van der Waals surface area contributed by atoms with E-state index < -0.39 is 10.0 Å². The molecule has 6 nitrogen and oxygen atoms in total. The van der Waals surface area contributed by atoms with Crippen LogP contribution in [-0.4, -0.2) is 46.5 Å². The van der Waals surface area contributed by atoms with E-state index in [4.69, 9.17) is 4.74 Å². The molecule has 0 unspecified atom stereocenters. The average Bonchev–Trinajstić information content (AvgIpc) is 2.65. The van der Waals surface area contributed by atoms with Gasteiger partial charge in [-0.1, -0.05) is 30.3 Å². The van der Waals surface area contributed by atoms with Crippen LogP contribution in [0.3, 0.4) is 0 Å². The van der Waals surface area contributed by atoms with Crippen LogP contribution in [0, 0.1) is 0 Å². The molecule has 0 aliphatic carbocycles. The van der Waals surface area contributed by atoms with Crippen molar-refractivity contribution >= 4 is 31.9 Å². The first-order chi connectivity index (χ1) is 12.4. The largest absolute Gasteiger partial charge is 0.383 e. The van der Waals surface area contributed by atoms with Crippen molar-refractivity contribution in [3.05, 3.63) is 64.1 Å². The van der Waals surface area contributed by atoms with Crippen LogP contribution in [-0.2, 0) is 21.3 Å². The molecule has 1 N–H and O–H groups in total. The molecule has 26 heavy (non-hydrogen) atoms. The van der Waals surface area contributed by atoms with Crippen LogP contribution in [0.25, 0.3) is 0 Å². The lowest BCUT2D eigenvalue weighted by molar-refractivity contribution is 0.0679. The van der Waals surface area contributed by atoms with Gasteiger partial charge in [-0.05, 0) is 46.7 Å². The Balaban J connectivity index is 2.36. The molecule has 2 aromatic rings. The summed E-state index contributed by atoms with van der Waals surface area (Å²) in [5.41, 5.74) is 1.26. The lowest BCUT2D eigenvalue weighted by Gasteiger charge is -2.23. The molecule has 0 heterocycles. The Labute approximate surface area is 162 Å². The third kappa shape index (κ3) is 5.14. The molecule has 0 bridgehead atoms. The number of amides is 1. The topological polar surface area (TPSA) is 75.7 Å². The highest BCUT2D eigenvalue weighted by atomic mass is 79.9. The van der Waals surface area contributed by atoms with Gasteiger partial charge in [0, 0.05) is 24.7 Å². The summed E-state index contributed by atoms with van der Waals surface area (Å²) in [6.07, 6.45) is 0. The third-order valence-corrected chi connectivity index (χ3v) is 5.92. The van der Waals surface area contributed by atoms with Crippen molar-refractivity contribution in [2.75, 3.05) is 27.3 Å². The number of rotatable bonds is 8. The van der Waals surface area contributed by atoms with Gasteiger partial charge in [-0.15, -0.1) is 0 Å². The van der Waals surface area contributed by atoms with Gasteiger partial charge in [-0.25, -0.2) is 13.1 Å². The molecule has 0 atom stereocenters. The molecule has 140 valence electrons. The minimum atomic E-state index is -3.64. The molecule has 0 aliphatic heterocycles. The average molecular weight is 441 g/mol. The van der Waals surface area contributed by atoms with Crippen molar-refractivity contribution in [1.82, 2.24) is 9.62 Å². The van der Waals surface area contributed by atoms with Gasteiger partial charge in [0.25, 0.3) is 5.91 Å². The smallest absolute Gasteiger partial charge is 0.255 e. The predicted octanol–water partition coefficient (Wildman–Crippen LogP) is 2.65. The minimum absolute atomic E-state index is 0.0398. The van der Waals surface area contributed by atoms with Gasteiger partial charge in [0.15, 0.2) is 0 Å². The monoisotopic (exact) mass is 440 g/mol. The van der Waals surface area contributed by atoms with E-state index in [1.165, 1.54) is 19.2 Å². The molecule has 8 heteroatoms. The molecule has 0 aliphatic rings. The Bertz CT molecular complexity index is 857. The zero-order valence-corrected chi connectivity index (χ0v) is 17.0. The summed E-state index contributed by atoms with van der Waals surface area (Å²) in [7, 11) is -0.736. The number of hydrogen-bond donors (Lipinski definition) is 1. The molecular weight excluding hydrogens is 420 g/mol. The standard InChI is InChI=1S/C18H21BrN2O4S/c1-20-26(23,24)15-8-9-17(19)16(12-15)18(22)21(10-11-25-2)13-14-6-4-3-5-7-14/h3-9,12,20H,10-11,13H2,1-2H3. The van der Waals surface area contributed by atoms with E-state index in [0.29, 0.717) is 24.2 Å². The molecule has 1 amide bonds. The fraction of sp³-hybridized carbons (Fsp3) is 0.278. The summed E-state index contributed by atoms with van der Waals surface area (Å²) in [5, 5.41) is 0. The number of benzene rings is 2. The van der Waals surface area contributed by atoms with Gasteiger partial charge < -0.3 is 9.64 Å². The summed E-state index contributed by atoms with van der Waals surface area (Å²) in [4.78, 5) is 14.7. The van der Waals surface area contributed by atoms with E-state index in [1.54, 1.807) is 18.1 Å². The van der Waals surface area contributed by atoms with Crippen LogP contribution in [0.15, 0.2) is 57.9 Å². The molecule has 0 radical (unpaired) electrons. The molecule has 2 aromatic carbocycles. The summed E-state index contributed by atoms with van der Waals surface area (Å²) in [6.45, 7) is 1.17. The number of sulfonamides is 1. The van der Waals surface area contributed by atoms with E-state index in [1.807, 2.05) is 30.3 Å². The van der Waals surface area contributed by atoms with Crippen LogP contribution in [0.5, 0.6) is 0 Å². The maximum atomic E-state index is 13.1. The molecule has 0 fully saturated rings. The Morgan fingerprint density at radius 2 is 1.88 bits per heavy atom. The molecule has 0 aromatic heterocycles. The van der Waals surface area contributed by atoms with Gasteiger partial charge in [0.1, 0.15) is 0 Å². The third-order valence-electron chi connectivity index (χ3n) is 3.82. The zero-order valence-electron chi connectivity index (χ0n) is 14.6. The van der Waals surface area contributed by atoms with Crippen molar-refractivity contribution in [1.29, 1.82) is 0 Å². The highest BCUT2D eigenvalue weighted by Crippen LogP contribution is 2.23. The van der Waals surface area contributed by atoms with Crippen molar-refractivity contribution in [2.24, 2.45) is 0 Å².